The molecule has 0 unspecified atom stereocenters. The van der Waals surface area contributed by atoms with Gasteiger partial charge in [0.05, 0.1) is 13.0 Å². The summed E-state index contributed by atoms with van der Waals surface area (Å²) in [5, 5.41) is 0. The third kappa shape index (κ3) is 5.41. The molecule has 0 aliphatic carbocycles. The molecule has 0 saturated carbocycles. The Kier molecular flexibility index (Phi) is 5.70. The van der Waals surface area contributed by atoms with E-state index in [1.54, 1.807) is 6.92 Å². The van der Waals surface area contributed by atoms with Crippen LogP contribution in [0.15, 0.2) is 24.8 Å². The van der Waals surface area contributed by atoms with E-state index in [9.17, 15) is 14.4 Å². The fourth-order valence-electron chi connectivity index (χ4n) is 0.659. The molecule has 1 aliphatic heterocycles. The molecule has 0 amide bonds. The largest absolute Gasteiger partial charge is 0.463 e. The van der Waals surface area contributed by atoms with Crippen molar-refractivity contribution in [1.29, 1.82) is 0 Å². The molecule has 1 rings (SSSR count). The number of carbonyl (C=O) groups excluding carboxylic acids is 3. The van der Waals surface area contributed by atoms with Gasteiger partial charge in [-0.3, -0.25) is 4.79 Å². The number of esters is 3. The zero-order chi connectivity index (χ0) is 11.8. The standard InChI is InChI=1S/C5H4O3.C5H8O2/c1-3-2-4(6)8-5(3)7;1-3-5(6)7-4-2/h1-2H2;3H,1,4H2,2H3. The van der Waals surface area contributed by atoms with E-state index in [2.05, 4.69) is 22.6 Å². The molecule has 0 N–H and O–H groups in total. The predicted molar refractivity (Wildman–Crippen MR) is 51.7 cm³/mol. The van der Waals surface area contributed by atoms with Crippen molar-refractivity contribution >= 4 is 17.9 Å². The first kappa shape index (κ1) is 13.1. The highest BCUT2D eigenvalue weighted by Gasteiger charge is 2.24. The fourth-order valence-corrected chi connectivity index (χ4v) is 0.659. The lowest BCUT2D eigenvalue weighted by Crippen LogP contribution is -1.97. The number of ether oxygens (including phenoxy) is 2. The Balaban J connectivity index is 0.000000265. The van der Waals surface area contributed by atoms with Gasteiger partial charge in [-0.1, -0.05) is 13.2 Å². The zero-order valence-electron chi connectivity index (χ0n) is 8.45. The second-order valence-electron chi connectivity index (χ2n) is 2.50. The Morgan fingerprint density at radius 1 is 1.60 bits per heavy atom. The quantitative estimate of drug-likeness (QED) is 0.384. The van der Waals surface area contributed by atoms with E-state index >= 15 is 0 Å². The molecule has 0 aromatic heterocycles. The van der Waals surface area contributed by atoms with Gasteiger partial charge in [0.15, 0.2) is 0 Å². The molecule has 1 saturated heterocycles. The molecular weight excluding hydrogens is 200 g/mol. The minimum atomic E-state index is -0.588. The molecule has 1 aliphatic rings. The van der Waals surface area contributed by atoms with E-state index in [-0.39, 0.29) is 18.0 Å². The Morgan fingerprint density at radius 3 is 2.33 bits per heavy atom. The van der Waals surface area contributed by atoms with Crippen LogP contribution in [0.2, 0.25) is 0 Å². The Morgan fingerprint density at radius 2 is 2.20 bits per heavy atom. The van der Waals surface area contributed by atoms with Crippen LogP contribution in [0.4, 0.5) is 0 Å². The van der Waals surface area contributed by atoms with Gasteiger partial charge >= 0.3 is 17.9 Å². The first-order chi connectivity index (χ1) is 7.01. The molecular formula is C10H12O5. The summed E-state index contributed by atoms with van der Waals surface area (Å²) in [6.45, 7) is 8.67. The van der Waals surface area contributed by atoms with Crippen molar-refractivity contribution in [3.05, 3.63) is 24.8 Å². The highest BCUT2D eigenvalue weighted by molar-refractivity contribution is 6.05. The SMILES string of the molecule is C=C1CC(=O)OC1=O.C=CC(=O)OCC. The molecule has 0 spiro atoms. The van der Waals surface area contributed by atoms with Crippen LogP contribution < -0.4 is 0 Å². The fraction of sp³-hybridized carbons (Fsp3) is 0.300. The molecule has 0 aromatic rings. The number of cyclic esters (lactones) is 2. The summed E-state index contributed by atoms with van der Waals surface area (Å²) >= 11 is 0. The summed E-state index contributed by atoms with van der Waals surface area (Å²) in [5.74, 6) is -1.45. The summed E-state index contributed by atoms with van der Waals surface area (Å²) < 4.78 is 8.53. The van der Waals surface area contributed by atoms with Gasteiger partial charge < -0.3 is 9.47 Å². The van der Waals surface area contributed by atoms with Crippen molar-refractivity contribution in [2.24, 2.45) is 0 Å². The van der Waals surface area contributed by atoms with E-state index in [1.807, 2.05) is 0 Å². The van der Waals surface area contributed by atoms with Gasteiger partial charge in [0.2, 0.25) is 0 Å². The summed E-state index contributed by atoms with van der Waals surface area (Å²) in [6.07, 6.45) is 1.20. The maximum atomic E-state index is 10.2. The van der Waals surface area contributed by atoms with Crippen molar-refractivity contribution < 1.29 is 23.9 Å². The number of hydrogen-bond acceptors (Lipinski definition) is 5. The van der Waals surface area contributed by atoms with Crippen LogP contribution in [0.3, 0.4) is 0 Å². The van der Waals surface area contributed by atoms with E-state index < -0.39 is 11.9 Å². The van der Waals surface area contributed by atoms with Crippen LogP contribution in [-0.4, -0.2) is 24.5 Å². The molecule has 0 bridgehead atoms. The average Bonchev–Trinajstić information content (AvgIpc) is 2.45. The van der Waals surface area contributed by atoms with Crippen LogP contribution in [0.5, 0.6) is 0 Å². The lowest BCUT2D eigenvalue weighted by Gasteiger charge is -1.90. The van der Waals surface area contributed by atoms with Crippen LogP contribution in [0.1, 0.15) is 13.3 Å². The summed E-state index contributed by atoms with van der Waals surface area (Å²) in [7, 11) is 0. The van der Waals surface area contributed by atoms with Gasteiger partial charge in [-0.25, -0.2) is 9.59 Å². The summed E-state index contributed by atoms with van der Waals surface area (Å²) in [4.78, 5) is 30.5. The minimum Gasteiger partial charge on any atom is -0.463 e. The Bertz CT molecular complexity index is 285. The minimum absolute atomic E-state index is 0.0544. The first-order valence-corrected chi connectivity index (χ1v) is 4.23. The van der Waals surface area contributed by atoms with E-state index in [1.165, 1.54) is 0 Å². The highest BCUT2D eigenvalue weighted by Crippen LogP contribution is 2.10. The second-order valence-corrected chi connectivity index (χ2v) is 2.50. The predicted octanol–water partition coefficient (Wildman–Crippen LogP) is 0.752. The van der Waals surface area contributed by atoms with Crippen molar-refractivity contribution in [2.45, 2.75) is 13.3 Å². The Labute approximate surface area is 87.4 Å². The van der Waals surface area contributed by atoms with Gasteiger partial charge in [-0.2, -0.15) is 0 Å². The lowest BCUT2D eigenvalue weighted by atomic mass is 10.3. The zero-order valence-corrected chi connectivity index (χ0v) is 8.45. The molecule has 0 aromatic carbocycles. The van der Waals surface area contributed by atoms with E-state index in [0.29, 0.717) is 6.61 Å². The number of carbonyl (C=O) groups is 3. The summed E-state index contributed by atoms with van der Waals surface area (Å²) in [6, 6.07) is 0. The smallest absolute Gasteiger partial charge is 0.341 e. The van der Waals surface area contributed by atoms with Crippen molar-refractivity contribution in [1.82, 2.24) is 0 Å². The molecule has 1 fully saturated rings. The van der Waals surface area contributed by atoms with E-state index in [4.69, 9.17) is 0 Å². The molecule has 0 atom stereocenters. The average molecular weight is 212 g/mol. The second kappa shape index (κ2) is 6.53. The third-order valence-electron chi connectivity index (χ3n) is 1.31. The Hall–Kier alpha value is -1.91. The molecule has 82 valence electrons. The summed E-state index contributed by atoms with van der Waals surface area (Å²) in [5.41, 5.74) is 0.245. The van der Waals surface area contributed by atoms with Gasteiger partial charge in [0.25, 0.3) is 0 Å². The maximum Gasteiger partial charge on any atom is 0.341 e. The van der Waals surface area contributed by atoms with Crippen LogP contribution in [0, 0.1) is 0 Å². The topological polar surface area (TPSA) is 69.7 Å². The van der Waals surface area contributed by atoms with Gasteiger partial charge in [-0.05, 0) is 6.92 Å². The highest BCUT2D eigenvalue weighted by atomic mass is 16.6. The van der Waals surface area contributed by atoms with Crippen molar-refractivity contribution in [2.75, 3.05) is 6.61 Å². The lowest BCUT2D eigenvalue weighted by molar-refractivity contribution is -0.151. The van der Waals surface area contributed by atoms with Crippen LogP contribution in [-0.2, 0) is 23.9 Å². The first-order valence-electron chi connectivity index (χ1n) is 4.23. The number of hydrogen-bond donors (Lipinski definition) is 0. The van der Waals surface area contributed by atoms with Crippen molar-refractivity contribution in [3.63, 3.8) is 0 Å². The molecule has 15 heavy (non-hydrogen) atoms. The van der Waals surface area contributed by atoms with E-state index in [0.717, 1.165) is 6.08 Å². The van der Waals surface area contributed by atoms with Gasteiger partial charge in [0.1, 0.15) is 0 Å². The molecule has 5 nitrogen and oxygen atoms in total. The monoisotopic (exact) mass is 212 g/mol. The van der Waals surface area contributed by atoms with Crippen LogP contribution in [0.25, 0.3) is 0 Å². The third-order valence-corrected chi connectivity index (χ3v) is 1.31. The van der Waals surface area contributed by atoms with Gasteiger partial charge in [-0.15, -0.1) is 0 Å². The number of rotatable bonds is 2. The molecule has 0 radical (unpaired) electrons. The van der Waals surface area contributed by atoms with Crippen LogP contribution >= 0.6 is 0 Å². The normalized spacial score (nSPS) is 13.8. The van der Waals surface area contributed by atoms with Gasteiger partial charge in [0, 0.05) is 11.6 Å². The molecule has 1 heterocycles. The molecule has 5 heteroatoms. The van der Waals surface area contributed by atoms with Crippen molar-refractivity contribution in [3.8, 4) is 0 Å². The maximum absolute atomic E-state index is 10.2.